The van der Waals surface area contributed by atoms with E-state index in [0.717, 1.165) is 30.6 Å². The van der Waals surface area contributed by atoms with Crippen molar-refractivity contribution in [3.8, 4) is 17.2 Å². The van der Waals surface area contributed by atoms with Crippen molar-refractivity contribution in [2.45, 2.75) is 30.1 Å². The molecule has 2 aromatic rings. The fraction of sp³-hybridized carbons (Fsp3) is 0.429. The molecule has 2 aliphatic heterocycles. The third-order valence-corrected chi connectivity index (χ3v) is 7.23. The van der Waals surface area contributed by atoms with E-state index in [4.69, 9.17) is 14.2 Å². The molecule has 1 saturated heterocycles. The molecular weight excluding hydrogens is 378 g/mol. The van der Waals surface area contributed by atoms with Gasteiger partial charge in [0.15, 0.2) is 11.5 Å². The van der Waals surface area contributed by atoms with Gasteiger partial charge in [0.05, 0.1) is 12.0 Å². The molecule has 6 nitrogen and oxygen atoms in total. The Hall–Kier alpha value is -2.25. The van der Waals surface area contributed by atoms with Crippen molar-refractivity contribution in [3.63, 3.8) is 0 Å². The standard InChI is InChI=1S/C21H25NO5S/c1-25-18-7-5-16(6-8-18)17-4-2-3-11-22(15-17)28(23,24)19-9-10-20-21(14-19)27-13-12-26-20/h5-10,14,17H,2-4,11-13,15H2,1H3. The van der Waals surface area contributed by atoms with E-state index in [1.807, 2.05) is 24.3 Å². The zero-order valence-corrected chi connectivity index (χ0v) is 16.8. The largest absolute Gasteiger partial charge is 0.497 e. The number of hydrogen-bond donors (Lipinski definition) is 0. The summed E-state index contributed by atoms with van der Waals surface area (Å²) in [6.45, 7) is 1.92. The van der Waals surface area contributed by atoms with E-state index in [-0.39, 0.29) is 10.8 Å². The van der Waals surface area contributed by atoms with Gasteiger partial charge in [0.1, 0.15) is 19.0 Å². The van der Waals surface area contributed by atoms with Gasteiger partial charge in [-0.15, -0.1) is 0 Å². The Morgan fingerprint density at radius 3 is 2.50 bits per heavy atom. The van der Waals surface area contributed by atoms with Crippen LogP contribution in [0.2, 0.25) is 0 Å². The Morgan fingerprint density at radius 2 is 1.75 bits per heavy atom. The van der Waals surface area contributed by atoms with Gasteiger partial charge in [-0.1, -0.05) is 18.6 Å². The summed E-state index contributed by atoms with van der Waals surface area (Å²) in [6.07, 6.45) is 2.83. The first-order valence-electron chi connectivity index (χ1n) is 9.62. The Bertz CT molecular complexity index is 926. The summed E-state index contributed by atoms with van der Waals surface area (Å²) in [5.41, 5.74) is 1.14. The van der Waals surface area contributed by atoms with Crippen LogP contribution in [0.4, 0.5) is 0 Å². The lowest BCUT2D eigenvalue weighted by Crippen LogP contribution is -2.34. The van der Waals surface area contributed by atoms with E-state index in [0.29, 0.717) is 37.8 Å². The van der Waals surface area contributed by atoms with E-state index < -0.39 is 10.0 Å². The maximum Gasteiger partial charge on any atom is 0.243 e. The van der Waals surface area contributed by atoms with Gasteiger partial charge in [-0.3, -0.25) is 0 Å². The smallest absolute Gasteiger partial charge is 0.243 e. The highest BCUT2D eigenvalue weighted by atomic mass is 32.2. The number of benzene rings is 2. The van der Waals surface area contributed by atoms with Crippen LogP contribution < -0.4 is 14.2 Å². The highest BCUT2D eigenvalue weighted by molar-refractivity contribution is 7.89. The van der Waals surface area contributed by atoms with E-state index in [1.165, 1.54) is 0 Å². The van der Waals surface area contributed by atoms with Gasteiger partial charge < -0.3 is 14.2 Å². The number of sulfonamides is 1. The molecule has 0 N–H and O–H groups in total. The summed E-state index contributed by atoms with van der Waals surface area (Å²) in [5.74, 6) is 2.06. The average molecular weight is 404 g/mol. The summed E-state index contributed by atoms with van der Waals surface area (Å²) in [6, 6.07) is 12.8. The van der Waals surface area contributed by atoms with Crippen LogP contribution in [0.3, 0.4) is 0 Å². The van der Waals surface area contributed by atoms with Crippen LogP contribution in [-0.2, 0) is 10.0 Å². The monoisotopic (exact) mass is 403 g/mol. The minimum absolute atomic E-state index is 0.167. The van der Waals surface area contributed by atoms with Crippen LogP contribution >= 0.6 is 0 Å². The van der Waals surface area contributed by atoms with Crippen LogP contribution in [0.15, 0.2) is 47.4 Å². The maximum absolute atomic E-state index is 13.3. The first-order valence-corrected chi connectivity index (χ1v) is 11.1. The van der Waals surface area contributed by atoms with Crippen molar-refractivity contribution >= 4 is 10.0 Å². The van der Waals surface area contributed by atoms with E-state index >= 15 is 0 Å². The molecule has 1 unspecified atom stereocenters. The summed E-state index contributed by atoms with van der Waals surface area (Å²) in [4.78, 5) is 0.257. The predicted octanol–water partition coefficient (Wildman–Crippen LogP) is 3.42. The molecular formula is C21H25NO5S. The van der Waals surface area contributed by atoms with Crippen molar-refractivity contribution in [2.75, 3.05) is 33.4 Å². The third-order valence-electron chi connectivity index (χ3n) is 5.37. The Labute approximate surface area is 166 Å². The van der Waals surface area contributed by atoms with Gasteiger partial charge in [-0.05, 0) is 48.6 Å². The lowest BCUT2D eigenvalue weighted by atomic mass is 9.94. The fourth-order valence-corrected chi connectivity index (χ4v) is 5.35. The number of methoxy groups -OCH3 is 1. The van der Waals surface area contributed by atoms with Crippen molar-refractivity contribution in [2.24, 2.45) is 0 Å². The third kappa shape index (κ3) is 3.82. The fourth-order valence-electron chi connectivity index (χ4n) is 3.81. The highest BCUT2D eigenvalue weighted by Crippen LogP contribution is 2.35. The summed E-state index contributed by atoms with van der Waals surface area (Å²) < 4.78 is 44.5. The second-order valence-electron chi connectivity index (χ2n) is 7.13. The van der Waals surface area contributed by atoms with Gasteiger partial charge in [0.2, 0.25) is 10.0 Å². The van der Waals surface area contributed by atoms with Gasteiger partial charge in [0, 0.05) is 19.2 Å². The van der Waals surface area contributed by atoms with Crippen LogP contribution in [0, 0.1) is 0 Å². The zero-order chi connectivity index (χ0) is 19.6. The molecule has 0 spiro atoms. The summed E-state index contributed by atoms with van der Waals surface area (Å²) in [5, 5.41) is 0. The number of nitrogens with zero attached hydrogens (tertiary/aromatic N) is 1. The van der Waals surface area contributed by atoms with Crippen LogP contribution in [0.25, 0.3) is 0 Å². The minimum atomic E-state index is -3.60. The van der Waals surface area contributed by atoms with E-state index in [9.17, 15) is 8.42 Å². The quantitative estimate of drug-likeness (QED) is 0.783. The lowest BCUT2D eigenvalue weighted by molar-refractivity contribution is 0.171. The van der Waals surface area contributed by atoms with Gasteiger partial charge in [-0.25, -0.2) is 8.42 Å². The SMILES string of the molecule is COc1ccc(C2CCCCN(S(=O)(=O)c3ccc4c(c3)OCCO4)C2)cc1. The average Bonchev–Trinajstić information content (AvgIpc) is 3.00. The number of hydrogen-bond acceptors (Lipinski definition) is 5. The molecule has 2 aromatic carbocycles. The molecule has 7 heteroatoms. The highest BCUT2D eigenvalue weighted by Gasteiger charge is 2.30. The number of rotatable bonds is 4. The molecule has 2 aliphatic rings. The second-order valence-corrected chi connectivity index (χ2v) is 9.07. The molecule has 0 amide bonds. The molecule has 1 fully saturated rings. The topological polar surface area (TPSA) is 65.1 Å². The molecule has 1 atom stereocenters. The Morgan fingerprint density at radius 1 is 1.00 bits per heavy atom. The summed E-state index contributed by atoms with van der Waals surface area (Å²) in [7, 11) is -1.96. The van der Waals surface area contributed by atoms with Gasteiger partial charge in [-0.2, -0.15) is 4.31 Å². The molecule has 0 aromatic heterocycles. The molecule has 0 saturated carbocycles. The molecule has 4 rings (SSSR count). The van der Waals surface area contributed by atoms with E-state index in [1.54, 1.807) is 29.6 Å². The lowest BCUT2D eigenvalue weighted by Gasteiger charge is -2.25. The Balaban J connectivity index is 1.59. The van der Waals surface area contributed by atoms with Crippen molar-refractivity contribution in [1.29, 1.82) is 0 Å². The second kappa shape index (κ2) is 8.01. The molecule has 0 aliphatic carbocycles. The molecule has 0 bridgehead atoms. The van der Waals surface area contributed by atoms with Crippen LogP contribution in [-0.4, -0.2) is 46.1 Å². The normalized spacial score (nSPS) is 20.4. The van der Waals surface area contributed by atoms with Gasteiger partial charge >= 0.3 is 0 Å². The maximum atomic E-state index is 13.3. The molecule has 2 heterocycles. The van der Waals surface area contributed by atoms with Gasteiger partial charge in [0.25, 0.3) is 0 Å². The first-order chi connectivity index (χ1) is 13.6. The minimum Gasteiger partial charge on any atom is -0.497 e. The predicted molar refractivity (Wildman–Crippen MR) is 106 cm³/mol. The molecule has 28 heavy (non-hydrogen) atoms. The molecule has 150 valence electrons. The van der Waals surface area contributed by atoms with Crippen LogP contribution in [0.1, 0.15) is 30.7 Å². The van der Waals surface area contributed by atoms with E-state index in [2.05, 4.69) is 0 Å². The van der Waals surface area contributed by atoms with Crippen LogP contribution in [0.5, 0.6) is 17.2 Å². The first kappa shape index (κ1) is 19.1. The Kier molecular flexibility index (Phi) is 5.46. The molecule has 0 radical (unpaired) electrons. The number of ether oxygens (including phenoxy) is 3. The summed E-state index contributed by atoms with van der Waals surface area (Å²) >= 11 is 0. The van der Waals surface area contributed by atoms with Crippen molar-refractivity contribution < 1.29 is 22.6 Å². The number of fused-ring (bicyclic) bond motifs is 1. The van der Waals surface area contributed by atoms with Crippen molar-refractivity contribution in [1.82, 2.24) is 4.31 Å². The van der Waals surface area contributed by atoms with Crippen molar-refractivity contribution in [3.05, 3.63) is 48.0 Å². The zero-order valence-electron chi connectivity index (χ0n) is 16.0.